The highest BCUT2D eigenvalue weighted by Gasteiger charge is 2.08. The summed E-state index contributed by atoms with van der Waals surface area (Å²) in [6, 6.07) is 3.82. The van der Waals surface area contributed by atoms with Gasteiger partial charge in [0.1, 0.15) is 5.65 Å². The minimum absolute atomic E-state index is 0.0806. The summed E-state index contributed by atoms with van der Waals surface area (Å²) < 4.78 is 1.84. The lowest BCUT2D eigenvalue weighted by molar-refractivity contribution is 0.276. The van der Waals surface area contributed by atoms with Crippen molar-refractivity contribution in [3.05, 3.63) is 53.9 Å². The molecular weight excluding hydrogens is 332 g/mol. The first kappa shape index (κ1) is 17.4. The SMILES string of the molecule is CN/C=C(\C=N)c1cnc(N)c(NCc2ccc3ncc(CO)n3c2)n1. The van der Waals surface area contributed by atoms with Crippen LogP contribution in [-0.4, -0.2) is 37.7 Å². The second-order valence-electron chi connectivity index (χ2n) is 5.55. The number of fused-ring (bicyclic) bond motifs is 1. The summed E-state index contributed by atoms with van der Waals surface area (Å²) in [6.45, 7) is 0.389. The third-order valence-corrected chi connectivity index (χ3v) is 3.82. The van der Waals surface area contributed by atoms with Gasteiger partial charge in [0.15, 0.2) is 11.6 Å². The second-order valence-corrected chi connectivity index (χ2v) is 5.55. The average Bonchev–Trinajstić information content (AvgIpc) is 3.08. The van der Waals surface area contributed by atoms with Gasteiger partial charge in [0.25, 0.3) is 0 Å². The maximum atomic E-state index is 9.37. The minimum atomic E-state index is -0.0806. The average molecular weight is 352 g/mol. The topological polar surface area (TPSA) is 137 Å². The van der Waals surface area contributed by atoms with E-state index in [1.807, 2.05) is 22.7 Å². The lowest BCUT2D eigenvalue weighted by Gasteiger charge is -2.10. The normalized spacial score (nSPS) is 11.5. The highest BCUT2D eigenvalue weighted by atomic mass is 16.3. The third-order valence-electron chi connectivity index (χ3n) is 3.82. The number of nitrogens with one attached hydrogen (secondary N) is 3. The molecule has 0 aliphatic carbocycles. The molecule has 0 saturated carbocycles. The molecule has 0 saturated heterocycles. The van der Waals surface area contributed by atoms with E-state index < -0.39 is 0 Å². The summed E-state index contributed by atoms with van der Waals surface area (Å²) in [4.78, 5) is 12.8. The van der Waals surface area contributed by atoms with Crippen molar-refractivity contribution in [1.29, 1.82) is 5.41 Å². The number of anilines is 2. The van der Waals surface area contributed by atoms with E-state index in [1.54, 1.807) is 19.4 Å². The molecule has 3 rings (SSSR count). The number of nitrogens with zero attached hydrogens (tertiary/aromatic N) is 4. The Kier molecular flexibility index (Phi) is 5.09. The molecule has 0 radical (unpaired) electrons. The first-order chi connectivity index (χ1) is 12.7. The molecule has 3 heterocycles. The lowest BCUT2D eigenvalue weighted by Crippen LogP contribution is -2.09. The molecule has 0 amide bonds. The monoisotopic (exact) mass is 352 g/mol. The Morgan fingerprint density at radius 3 is 2.92 bits per heavy atom. The highest BCUT2D eigenvalue weighted by molar-refractivity contribution is 6.07. The summed E-state index contributed by atoms with van der Waals surface area (Å²) in [5.41, 5.74) is 9.50. The van der Waals surface area contributed by atoms with Crippen LogP contribution in [0.1, 0.15) is 17.0 Å². The summed E-state index contributed by atoms with van der Waals surface area (Å²) in [5.74, 6) is 0.724. The Labute approximate surface area is 150 Å². The Hall–Kier alpha value is -3.46. The number of allylic oxidation sites excluding steroid dienone is 1. The van der Waals surface area contributed by atoms with Gasteiger partial charge in [-0.3, -0.25) is 0 Å². The number of aromatic nitrogens is 4. The standard InChI is InChI=1S/C17H20N8O/c1-20-6-12(4-18)14-8-22-16(19)17(24-14)23-5-11-2-3-15-21-7-13(10-26)25(15)9-11/h2-4,6-9,18,20,26H,5,10H2,1H3,(H2,19,22)(H,23,24)/b12-6+,18-4?. The van der Waals surface area contributed by atoms with E-state index in [0.29, 0.717) is 23.6 Å². The predicted octanol–water partition coefficient (Wildman–Crippen LogP) is 1.02. The van der Waals surface area contributed by atoms with Gasteiger partial charge in [-0.05, 0) is 11.6 Å². The number of aliphatic hydroxyl groups is 1. The summed E-state index contributed by atoms with van der Waals surface area (Å²) in [5, 5.41) is 22.9. The molecule has 0 fully saturated rings. The van der Waals surface area contributed by atoms with Crippen molar-refractivity contribution in [2.75, 3.05) is 18.1 Å². The van der Waals surface area contributed by atoms with Crippen LogP contribution in [0.4, 0.5) is 11.6 Å². The van der Waals surface area contributed by atoms with E-state index in [4.69, 9.17) is 11.1 Å². The molecule has 3 aromatic rings. The summed E-state index contributed by atoms with van der Waals surface area (Å²) >= 11 is 0. The van der Waals surface area contributed by atoms with Crippen LogP contribution in [0.3, 0.4) is 0 Å². The smallest absolute Gasteiger partial charge is 0.169 e. The molecule has 26 heavy (non-hydrogen) atoms. The molecule has 0 atom stereocenters. The fourth-order valence-corrected chi connectivity index (χ4v) is 2.49. The zero-order valence-corrected chi connectivity index (χ0v) is 14.3. The number of imidazole rings is 1. The van der Waals surface area contributed by atoms with E-state index in [0.717, 1.165) is 16.9 Å². The van der Waals surface area contributed by atoms with E-state index >= 15 is 0 Å². The lowest BCUT2D eigenvalue weighted by atomic mass is 10.2. The Morgan fingerprint density at radius 2 is 2.19 bits per heavy atom. The van der Waals surface area contributed by atoms with Gasteiger partial charge >= 0.3 is 0 Å². The van der Waals surface area contributed by atoms with Crippen molar-refractivity contribution in [3.63, 3.8) is 0 Å². The van der Waals surface area contributed by atoms with Crippen molar-refractivity contribution >= 4 is 29.1 Å². The molecule has 0 unspecified atom stereocenters. The molecule has 6 N–H and O–H groups in total. The van der Waals surface area contributed by atoms with Crippen LogP contribution in [0.25, 0.3) is 11.2 Å². The summed E-state index contributed by atoms with van der Waals surface area (Å²) in [6.07, 6.45) is 7.94. The molecule has 0 aromatic carbocycles. The van der Waals surface area contributed by atoms with Crippen molar-refractivity contribution in [1.82, 2.24) is 24.7 Å². The number of nitrogen functional groups attached to an aromatic ring is 1. The van der Waals surface area contributed by atoms with Crippen LogP contribution < -0.4 is 16.4 Å². The number of hydrogen-bond acceptors (Lipinski definition) is 8. The number of nitrogens with two attached hydrogens (primary N) is 1. The van der Waals surface area contributed by atoms with E-state index in [2.05, 4.69) is 25.6 Å². The first-order valence-corrected chi connectivity index (χ1v) is 7.96. The van der Waals surface area contributed by atoms with Crippen molar-refractivity contribution in [2.45, 2.75) is 13.2 Å². The third kappa shape index (κ3) is 3.47. The van der Waals surface area contributed by atoms with Gasteiger partial charge in [-0.1, -0.05) is 6.07 Å². The Balaban J connectivity index is 1.83. The van der Waals surface area contributed by atoms with Gasteiger partial charge in [0.05, 0.1) is 30.4 Å². The van der Waals surface area contributed by atoms with Crippen molar-refractivity contribution in [3.8, 4) is 0 Å². The van der Waals surface area contributed by atoms with Gasteiger partial charge in [0.2, 0.25) is 0 Å². The Morgan fingerprint density at radius 1 is 1.35 bits per heavy atom. The largest absolute Gasteiger partial charge is 0.393 e. The van der Waals surface area contributed by atoms with E-state index in [1.165, 1.54) is 12.4 Å². The minimum Gasteiger partial charge on any atom is -0.393 e. The number of pyridine rings is 1. The molecule has 9 nitrogen and oxygen atoms in total. The van der Waals surface area contributed by atoms with Crippen molar-refractivity contribution in [2.24, 2.45) is 0 Å². The molecule has 134 valence electrons. The quantitative estimate of drug-likeness (QED) is 0.400. The van der Waals surface area contributed by atoms with Gasteiger partial charge in [-0.2, -0.15) is 0 Å². The maximum absolute atomic E-state index is 9.37. The predicted molar refractivity (Wildman–Crippen MR) is 101 cm³/mol. The molecule has 0 aliphatic heterocycles. The number of hydrogen-bond donors (Lipinski definition) is 5. The first-order valence-electron chi connectivity index (χ1n) is 7.96. The zero-order valence-electron chi connectivity index (χ0n) is 14.3. The van der Waals surface area contributed by atoms with Crippen molar-refractivity contribution < 1.29 is 5.11 Å². The zero-order chi connectivity index (χ0) is 18.5. The van der Waals surface area contributed by atoms with Gasteiger partial charge in [-0.15, -0.1) is 0 Å². The molecule has 0 bridgehead atoms. The van der Waals surface area contributed by atoms with Crippen LogP contribution in [0.15, 0.2) is 36.9 Å². The molecule has 0 spiro atoms. The van der Waals surface area contributed by atoms with Crippen LogP contribution in [0, 0.1) is 5.41 Å². The molecular formula is C17H20N8O. The van der Waals surface area contributed by atoms with Gasteiger partial charge < -0.3 is 31.3 Å². The van der Waals surface area contributed by atoms with Crippen LogP contribution in [0.5, 0.6) is 0 Å². The highest BCUT2D eigenvalue weighted by Crippen LogP contribution is 2.18. The molecule has 9 heteroatoms. The van der Waals surface area contributed by atoms with E-state index in [9.17, 15) is 5.11 Å². The van der Waals surface area contributed by atoms with Crippen LogP contribution >= 0.6 is 0 Å². The van der Waals surface area contributed by atoms with Crippen LogP contribution in [0.2, 0.25) is 0 Å². The Bertz CT molecular complexity index is 963. The second kappa shape index (κ2) is 7.62. The van der Waals surface area contributed by atoms with Gasteiger partial charge in [-0.25, -0.2) is 15.0 Å². The van der Waals surface area contributed by atoms with Crippen LogP contribution in [-0.2, 0) is 13.2 Å². The molecule has 3 aromatic heterocycles. The van der Waals surface area contributed by atoms with E-state index in [-0.39, 0.29) is 12.4 Å². The fraction of sp³-hybridized carbons (Fsp3) is 0.176. The fourth-order valence-electron chi connectivity index (χ4n) is 2.49. The van der Waals surface area contributed by atoms with Gasteiger partial charge in [0, 0.05) is 37.8 Å². The number of aliphatic hydroxyl groups excluding tert-OH is 1. The maximum Gasteiger partial charge on any atom is 0.169 e. The summed E-state index contributed by atoms with van der Waals surface area (Å²) in [7, 11) is 1.75. The number of rotatable bonds is 7. The molecule has 0 aliphatic rings.